The lowest BCUT2D eigenvalue weighted by Crippen LogP contribution is -2.61. The number of β-lactam (4-membered cyclic amide) rings is 1. The van der Waals surface area contributed by atoms with Crippen molar-refractivity contribution in [3.63, 3.8) is 0 Å². The van der Waals surface area contributed by atoms with Gasteiger partial charge in [0.15, 0.2) is 9.84 Å². The molecule has 128 valence electrons. The van der Waals surface area contributed by atoms with Gasteiger partial charge in [-0.1, -0.05) is 0 Å². The van der Waals surface area contributed by atoms with E-state index in [2.05, 4.69) is 0 Å². The molecule has 0 aromatic heterocycles. The maximum absolute atomic E-state index is 12.0. The van der Waals surface area contributed by atoms with Gasteiger partial charge in [-0.05, 0) is 18.9 Å². The number of hydrogen-bond donors (Lipinski definition) is 4. The number of hydrogen-bond acceptors (Lipinski definition) is 6. The zero-order chi connectivity index (χ0) is 17.5. The number of nitrogens with one attached hydrogen (secondary N) is 1. The molecule has 3 unspecified atom stereocenters. The number of carboxylic acid groups (broad SMARTS) is 1. The van der Waals surface area contributed by atoms with Crippen molar-refractivity contribution in [3.05, 3.63) is 11.3 Å². The van der Waals surface area contributed by atoms with Crippen molar-refractivity contribution in [3.8, 4) is 0 Å². The van der Waals surface area contributed by atoms with Crippen molar-refractivity contribution in [2.75, 3.05) is 11.6 Å². The Bertz CT molecular complexity index is 697. The summed E-state index contributed by atoms with van der Waals surface area (Å²) >= 11 is 0. The number of nitrogens with zero attached hydrogens (tertiary/aromatic N) is 1. The van der Waals surface area contributed by atoms with Crippen LogP contribution >= 0.6 is 0 Å². The normalized spacial score (nSPS) is 25.0. The average molecular weight is 347 g/mol. The van der Waals surface area contributed by atoms with Crippen LogP contribution in [0.3, 0.4) is 0 Å². The highest BCUT2D eigenvalue weighted by Gasteiger charge is 2.56. The second kappa shape index (κ2) is 5.81. The molecule has 5 N–H and O–H groups in total. The largest absolute Gasteiger partial charge is 0.477 e. The van der Waals surface area contributed by atoms with Gasteiger partial charge >= 0.3 is 12.0 Å². The highest BCUT2D eigenvalue weighted by molar-refractivity contribution is 7.91. The molecule has 0 aromatic rings. The van der Waals surface area contributed by atoms with Crippen LogP contribution in [0.2, 0.25) is 0 Å². The summed E-state index contributed by atoms with van der Waals surface area (Å²) in [5.74, 6) is -4.02. The molecule has 1 fully saturated rings. The number of fused-ring (bicyclic) bond motifs is 1. The Morgan fingerprint density at radius 1 is 1.48 bits per heavy atom. The van der Waals surface area contributed by atoms with Crippen molar-refractivity contribution in [2.24, 2.45) is 11.7 Å². The predicted octanol–water partition coefficient (Wildman–Crippen LogP) is -2.02. The zero-order valence-corrected chi connectivity index (χ0v) is 13.0. The van der Waals surface area contributed by atoms with Gasteiger partial charge in [0.05, 0.1) is 23.8 Å². The first-order chi connectivity index (χ1) is 10.5. The number of sulfone groups is 1. The van der Waals surface area contributed by atoms with Gasteiger partial charge in [0, 0.05) is 0 Å². The Kier molecular flexibility index (Phi) is 4.35. The number of rotatable bonds is 6. The molecule has 2 aliphatic heterocycles. The van der Waals surface area contributed by atoms with E-state index in [0.717, 1.165) is 4.90 Å². The highest BCUT2D eigenvalue weighted by atomic mass is 32.2. The van der Waals surface area contributed by atoms with E-state index in [-0.39, 0.29) is 17.7 Å². The monoisotopic (exact) mass is 347 g/mol. The maximum Gasteiger partial charge on any atom is 0.352 e. The van der Waals surface area contributed by atoms with E-state index < -0.39 is 57.4 Å². The maximum atomic E-state index is 12.0. The van der Waals surface area contributed by atoms with E-state index in [0.29, 0.717) is 0 Å². The number of aliphatic carboxylic acids is 1. The number of primary amides is 1. The van der Waals surface area contributed by atoms with Gasteiger partial charge in [0.25, 0.3) is 0 Å². The molecule has 0 aromatic carbocycles. The molecule has 1 saturated heterocycles. The molecule has 11 heteroatoms. The van der Waals surface area contributed by atoms with Crippen molar-refractivity contribution in [1.29, 1.82) is 0 Å². The van der Waals surface area contributed by atoms with Crippen LogP contribution in [0.1, 0.15) is 13.3 Å². The summed E-state index contributed by atoms with van der Waals surface area (Å²) in [6.45, 7) is 1.42. The van der Waals surface area contributed by atoms with E-state index in [4.69, 9.17) is 5.73 Å². The summed E-state index contributed by atoms with van der Waals surface area (Å²) in [4.78, 5) is 35.0. The van der Waals surface area contributed by atoms with Gasteiger partial charge in [0.2, 0.25) is 5.91 Å². The van der Waals surface area contributed by atoms with Crippen LogP contribution in [0.15, 0.2) is 11.3 Å². The van der Waals surface area contributed by atoms with E-state index in [1.165, 1.54) is 6.92 Å². The molecule has 0 bridgehead atoms. The molecule has 0 saturated carbocycles. The molecule has 2 aliphatic rings. The third kappa shape index (κ3) is 3.15. The van der Waals surface area contributed by atoms with Gasteiger partial charge in [-0.25, -0.2) is 18.0 Å². The Labute approximate surface area is 131 Å². The minimum atomic E-state index is -3.83. The third-order valence-electron chi connectivity index (χ3n) is 3.88. The summed E-state index contributed by atoms with van der Waals surface area (Å²) in [5, 5.41) is 20.8. The predicted molar refractivity (Wildman–Crippen MR) is 76.5 cm³/mol. The molecular formula is C12H17N3O7S. The van der Waals surface area contributed by atoms with Gasteiger partial charge in [-0.15, -0.1) is 0 Å². The molecular weight excluding hydrogens is 330 g/mol. The summed E-state index contributed by atoms with van der Waals surface area (Å²) in [6, 6.07) is -1.57. The molecule has 3 amide bonds. The van der Waals surface area contributed by atoms with Crippen LogP contribution in [0.5, 0.6) is 0 Å². The van der Waals surface area contributed by atoms with Crippen LogP contribution < -0.4 is 11.1 Å². The van der Waals surface area contributed by atoms with Gasteiger partial charge in [-0.3, -0.25) is 4.79 Å². The van der Waals surface area contributed by atoms with Crippen LogP contribution in [-0.2, 0) is 19.4 Å². The van der Waals surface area contributed by atoms with Crippen molar-refractivity contribution >= 4 is 27.7 Å². The third-order valence-corrected chi connectivity index (χ3v) is 5.26. The molecule has 3 atom stereocenters. The number of urea groups is 1. The number of carbonyl (C=O) groups is 3. The lowest BCUT2D eigenvalue weighted by atomic mass is 9.83. The van der Waals surface area contributed by atoms with Crippen LogP contribution in [-0.4, -0.2) is 65.2 Å². The Balaban J connectivity index is 2.23. The number of carboxylic acids is 1. The summed E-state index contributed by atoms with van der Waals surface area (Å²) < 4.78 is 23.9. The quantitative estimate of drug-likeness (QED) is 0.402. The molecule has 0 aliphatic carbocycles. The SMILES string of the molecule is CC(O)C1C(=O)N2C(C(=O)O)=C(CS(=O)(=O)CNC(N)=O)CC12. The van der Waals surface area contributed by atoms with Crippen molar-refractivity contribution < 1.29 is 33.0 Å². The number of aliphatic hydroxyl groups is 1. The number of carbonyl (C=O) groups excluding carboxylic acids is 2. The van der Waals surface area contributed by atoms with Crippen molar-refractivity contribution in [1.82, 2.24) is 10.2 Å². The van der Waals surface area contributed by atoms with E-state index in [1.54, 1.807) is 0 Å². The fourth-order valence-corrected chi connectivity index (χ4v) is 4.24. The number of nitrogens with two attached hydrogens (primary N) is 1. The summed E-state index contributed by atoms with van der Waals surface area (Å²) in [5.41, 5.74) is 4.52. The molecule has 0 radical (unpaired) electrons. The molecule has 10 nitrogen and oxygen atoms in total. The Morgan fingerprint density at radius 3 is 2.57 bits per heavy atom. The lowest BCUT2D eigenvalue weighted by Gasteiger charge is -2.44. The Morgan fingerprint density at radius 2 is 2.09 bits per heavy atom. The van der Waals surface area contributed by atoms with Crippen LogP contribution in [0.25, 0.3) is 0 Å². The zero-order valence-electron chi connectivity index (χ0n) is 12.2. The first-order valence-electron chi connectivity index (χ1n) is 6.75. The lowest BCUT2D eigenvalue weighted by molar-refractivity contribution is -0.161. The van der Waals surface area contributed by atoms with E-state index in [1.807, 2.05) is 5.32 Å². The smallest absolute Gasteiger partial charge is 0.352 e. The molecule has 0 spiro atoms. The fourth-order valence-electron chi connectivity index (χ4n) is 2.99. The highest BCUT2D eigenvalue weighted by Crippen LogP contribution is 2.43. The van der Waals surface area contributed by atoms with Crippen molar-refractivity contribution in [2.45, 2.75) is 25.5 Å². The average Bonchev–Trinajstić information content (AvgIpc) is 2.70. The minimum Gasteiger partial charge on any atom is -0.477 e. The second-order valence-electron chi connectivity index (χ2n) is 5.58. The van der Waals surface area contributed by atoms with Gasteiger partial charge in [-0.2, -0.15) is 0 Å². The first kappa shape index (κ1) is 17.2. The van der Waals surface area contributed by atoms with Gasteiger partial charge in [0.1, 0.15) is 11.6 Å². The van der Waals surface area contributed by atoms with Crippen LogP contribution in [0.4, 0.5) is 4.79 Å². The number of aliphatic hydroxyl groups excluding tert-OH is 1. The van der Waals surface area contributed by atoms with Crippen LogP contribution in [0, 0.1) is 5.92 Å². The Hall–Kier alpha value is -2.14. The first-order valence-corrected chi connectivity index (χ1v) is 8.57. The fraction of sp³-hybridized carbons (Fsp3) is 0.583. The number of amides is 3. The summed E-state index contributed by atoms with van der Waals surface area (Å²) in [7, 11) is -3.83. The molecule has 2 rings (SSSR count). The van der Waals surface area contributed by atoms with E-state index in [9.17, 15) is 33.0 Å². The molecule has 23 heavy (non-hydrogen) atoms. The standard InChI is InChI=1S/C12H17N3O7S/c1-5(16)8-7-2-6(3-23(21,22)4-14-12(13)20)9(11(18)19)15(7)10(8)17/h5,7-8,16H,2-4H2,1H3,(H,18,19)(H3,13,14,20). The van der Waals surface area contributed by atoms with Gasteiger partial charge < -0.3 is 26.2 Å². The second-order valence-corrected chi connectivity index (χ2v) is 7.64. The summed E-state index contributed by atoms with van der Waals surface area (Å²) in [6.07, 6.45) is -0.898. The van der Waals surface area contributed by atoms with E-state index >= 15 is 0 Å². The topological polar surface area (TPSA) is 167 Å². The molecule has 2 heterocycles. The minimum absolute atomic E-state index is 0.0543.